The fraction of sp³-hybridized carbons (Fsp3) is 0.370. The summed E-state index contributed by atoms with van der Waals surface area (Å²) in [4.78, 5) is 69.2. The summed E-state index contributed by atoms with van der Waals surface area (Å²) < 4.78 is 19.3. The quantitative estimate of drug-likeness (QED) is 0.134. The highest BCUT2D eigenvalue weighted by Crippen LogP contribution is 2.63. The van der Waals surface area contributed by atoms with Gasteiger partial charge < -0.3 is 10.6 Å². The summed E-state index contributed by atoms with van der Waals surface area (Å²) in [5.74, 6) is -2.76. The van der Waals surface area contributed by atoms with Gasteiger partial charge in [-0.2, -0.15) is 0 Å². The standard InChI is InChI=1S/C46H44Cl2FN7O5/c1-54-36-20-26(10-15-34(36)56(44(54)61)35-16-17-37(57)52-41(35)58)27-23-55(24-27)22-25-8-12-29(13-9-25)50-42(59)40-38(30-6-5-7-32(48)39(30)49)46(45(53-40)18-3-2-4-19-45)31-14-11-28(47)21-33(31)51-43(46)60/h5-15,20-21,27,35,38,40,53H,2-4,16-19,22-24H2,1H3,(H,50,59)(H,51,60)(H,52,57,58)/t35?,38-,40+,46+/m0/s1. The average molecular weight is 865 g/mol. The topological polar surface area (TPSA) is 147 Å². The van der Waals surface area contributed by atoms with E-state index in [1.807, 2.05) is 48.5 Å². The van der Waals surface area contributed by atoms with E-state index in [1.165, 1.54) is 10.6 Å². The van der Waals surface area contributed by atoms with Gasteiger partial charge in [-0.05, 0) is 84.0 Å². The molecule has 314 valence electrons. The molecule has 0 radical (unpaired) electrons. The van der Waals surface area contributed by atoms with E-state index in [9.17, 15) is 24.0 Å². The van der Waals surface area contributed by atoms with Gasteiger partial charge in [0, 0.05) is 66.9 Å². The second kappa shape index (κ2) is 14.9. The van der Waals surface area contributed by atoms with E-state index in [-0.39, 0.29) is 52.8 Å². The number of nitrogens with zero attached hydrogens (tertiary/aromatic N) is 3. The first-order valence-corrected chi connectivity index (χ1v) is 21.6. The van der Waals surface area contributed by atoms with Crippen LogP contribution in [0.2, 0.25) is 10.0 Å². The predicted octanol–water partition coefficient (Wildman–Crippen LogP) is 6.65. The zero-order chi connectivity index (χ0) is 42.4. The molecule has 1 aliphatic carbocycles. The number of imidazole rings is 1. The first-order chi connectivity index (χ1) is 29.4. The van der Waals surface area contributed by atoms with Crippen molar-refractivity contribution < 1.29 is 23.6 Å². The molecule has 5 aliphatic rings. The Morgan fingerprint density at radius 3 is 2.43 bits per heavy atom. The lowest BCUT2D eigenvalue weighted by Crippen LogP contribution is -2.60. The number of aromatic nitrogens is 2. The van der Waals surface area contributed by atoms with Crippen LogP contribution in [0.3, 0.4) is 0 Å². The third-order valence-corrected chi connectivity index (χ3v) is 14.5. The van der Waals surface area contributed by atoms with Crippen LogP contribution in [0, 0.1) is 5.82 Å². The number of amides is 4. The number of benzene rings is 4. The fourth-order valence-electron chi connectivity index (χ4n) is 11.2. The first-order valence-electron chi connectivity index (χ1n) is 20.9. The first kappa shape index (κ1) is 39.8. The summed E-state index contributed by atoms with van der Waals surface area (Å²) in [6, 6.07) is 22.0. The van der Waals surface area contributed by atoms with Crippen molar-refractivity contribution in [2.24, 2.45) is 7.05 Å². The minimum absolute atomic E-state index is 0.0787. The third kappa shape index (κ3) is 6.26. The average Bonchev–Trinajstić information content (AvgIpc) is 3.78. The van der Waals surface area contributed by atoms with Crippen molar-refractivity contribution in [3.8, 4) is 0 Å². The Balaban J connectivity index is 0.863. The van der Waals surface area contributed by atoms with Crippen LogP contribution in [0.15, 0.2) is 83.7 Å². The molecule has 15 heteroatoms. The summed E-state index contributed by atoms with van der Waals surface area (Å²) in [6.45, 7) is 2.32. The van der Waals surface area contributed by atoms with Gasteiger partial charge in [-0.25, -0.2) is 9.18 Å². The number of carbonyl (C=O) groups is 4. The lowest BCUT2D eigenvalue weighted by Gasteiger charge is -2.47. The van der Waals surface area contributed by atoms with E-state index in [4.69, 9.17) is 23.2 Å². The number of imide groups is 1. The minimum atomic E-state index is -1.32. The van der Waals surface area contributed by atoms with Crippen LogP contribution in [0.4, 0.5) is 15.8 Å². The second-order valence-corrected chi connectivity index (χ2v) is 18.2. The molecule has 4 amide bonds. The summed E-state index contributed by atoms with van der Waals surface area (Å²) in [6.07, 6.45) is 4.42. The maximum atomic E-state index is 16.3. The van der Waals surface area contributed by atoms with Gasteiger partial charge in [0.05, 0.1) is 22.1 Å². The van der Waals surface area contributed by atoms with Crippen molar-refractivity contribution in [3.05, 3.63) is 127 Å². The number of carbonyl (C=O) groups excluding carboxylic acids is 4. The fourth-order valence-corrected chi connectivity index (χ4v) is 11.5. The number of rotatable bonds is 7. The van der Waals surface area contributed by atoms with Crippen LogP contribution < -0.4 is 27.0 Å². The molecule has 4 aliphatic heterocycles. The molecule has 1 saturated carbocycles. The number of piperidine rings is 1. The minimum Gasteiger partial charge on any atom is -0.325 e. The van der Waals surface area contributed by atoms with Crippen LogP contribution in [-0.2, 0) is 38.2 Å². The maximum absolute atomic E-state index is 16.3. The molecule has 5 aromatic rings. The van der Waals surface area contributed by atoms with E-state index in [1.54, 1.807) is 35.9 Å². The molecule has 4 N–H and O–H groups in total. The number of fused-ring (bicyclic) bond motifs is 4. The van der Waals surface area contributed by atoms with Crippen LogP contribution in [0.25, 0.3) is 11.0 Å². The van der Waals surface area contributed by atoms with E-state index >= 15 is 4.39 Å². The molecular weight excluding hydrogens is 820 g/mol. The molecule has 1 unspecified atom stereocenters. The van der Waals surface area contributed by atoms with Crippen LogP contribution in [0.5, 0.6) is 0 Å². The Morgan fingerprint density at radius 1 is 0.902 bits per heavy atom. The number of hydrogen-bond acceptors (Lipinski definition) is 7. The van der Waals surface area contributed by atoms with Crippen molar-refractivity contribution >= 4 is 69.2 Å². The van der Waals surface area contributed by atoms with Gasteiger partial charge in [-0.15, -0.1) is 0 Å². The number of halogens is 3. The number of anilines is 2. The number of aryl methyl sites for hydroxylation is 1. The Morgan fingerprint density at radius 2 is 1.67 bits per heavy atom. The number of nitrogens with one attached hydrogen (secondary N) is 4. The van der Waals surface area contributed by atoms with Gasteiger partial charge in [0.2, 0.25) is 23.6 Å². The largest absolute Gasteiger partial charge is 0.329 e. The third-order valence-electron chi connectivity index (χ3n) is 14.0. The van der Waals surface area contributed by atoms with Gasteiger partial charge in [0.15, 0.2) is 0 Å². The second-order valence-electron chi connectivity index (χ2n) is 17.3. The van der Waals surface area contributed by atoms with Crippen molar-refractivity contribution in [1.82, 2.24) is 24.7 Å². The molecule has 61 heavy (non-hydrogen) atoms. The lowest BCUT2D eigenvalue weighted by atomic mass is 9.55. The highest BCUT2D eigenvalue weighted by Gasteiger charge is 2.72. The van der Waals surface area contributed by atoms with E-state index in [0.29, 0.717) is 46.9 Å². The molecule has 0 bridgehead atoms. The molecule has 3 saturated heterocycles. The highest BCUT2D eigenvalue weighted by atomic mass is 35.5. The summed E-state index contributed by atoms with van der Waals surface area (Å²) >= 11 is 12.8. The Kier molecular flexibility index (Phi) is 9.74. The molecule has 4 aromatic carbocycles. The molecule has 4 fully saturated rings. The van der Waals surface area contributed by atoms with Crippen LogP contribution in [-0.4, -0.2) is 62.3 Å². The Hall–Kier alpha value is -5.34. The molecule has 1 aromatic heterocycles. The normalized spacial score (nSPS) is 24.9. The predicted molar refractivity (Wildman–Crippen MR) is 230 cm³/mol. The number of likely N-dealkylation sites (tertiary alicyclic amines) is 1. The van der Waals surface area contributed by atoms with Crippen molar-refractivity contribution in [2.45, 2.75) is 86.4 Å². The zero-order valence-electron chi connectivity index (χ0n) is 33.4. The molecule has 12 nitrogen and oxygen atoms in total. The van der Waals surface area contributed by atoms with Crippen LogP contribution >= 0.6 is 23.2 Å². The van der Waals surface area contributed by atoms with Crippen LogP contribution in [0.1, 0.15) is 85.1 Å². The highest BCUT2D eigenvalue weighted by molar-refractivity contribution is 6.31. The van der Waals surface area contributed by atoms with Gasteiger partial charge in [-0.1, -0.05) is 78.9 Å². The Labute approximate surface area is 360 Å². The summed E-state index contributed by atoms with van der Waals surface area (Å²) in [5, 5.41) is 12.6. The van der Waals surface area contributed by atoms with Crippen molar-refractivity contribution in [2.75, 3.05) is 23.7 Å². The molecule has 4 atom stereocenters. The maximum Gasteiger partial charge on any atom is 0.329 e. The van der Waals surface area contributed by atoms with Crippen molar-refractivity contribution in [3.63, 3.8) is 0 Å². The zero-order valence-corrected chi connectivity index (χ0v) is 34.9. The van der Waals surface area contributed by atoms with E-state index in [0.717, 1.165) is 49.0 Å². The number of hydrogen-bond donors (Lipinski definition) is 4. The molecule has 2 spiro atoms. The van der Waals surface area contributed by atoms with E-state index < -0.39 is 40.7 Å². The molecular formula is C46H44Cl2FN7O5. The SMILES string of the molecule is Cn1c(=O)n(C2CCC(=O)NC2=O)c2ccc(C3CN(Cc4ccc(NC(=O)[C@@H]5NC6(CCCCC6)[C@@]6(C(=O)Nc7cc(Cl)ccc76)[C@H]5c5cccc(Cl)c5F)cc4)C3)cc21. The smallest absolute Gasteiger partial charge is 0.325 e. The summed E-state index contributed by atoms with van der Waals surface area (Å²) in [5.41, 5.74) is 3.18. The van der Waals surface area contributed by atoms with E-state index in [2.05, 4.69) is 26.2 Å². The summed E-state index contributed by atoms with van der Waals surface area (Å²) in [7, 11) is 1.70. The van der Waals surface area contributed by atoms with Gasteiger partial charge in [0.1, 0.15) is 17.3 Å². The van der Waals surface area contributed by atoms with Gasteiger partial charge in [0.25, 0.3) is 0 Å². The van der Waals surface area contributed by atoms with Gasteiger partial charge >= 0.3 is 5.69 Å². The Bertz CT molecular complexity index is 2720. The molecule has 10 rings (SSSR count). The monoisotopic (exact) mass is 863 g/mol. The molecule has 5 heterocycles. The van der Waals surface area contributed by atoms with Gasteiger partial charge in [-0.3, -0.25) is 43.8 Å². The van der Waals surface area contributed by atoms with Crippen molar-refractivity contribution in [1.29, 1.82) is 0 Å². The lowest BCUT2D eigenvalue weighted by molar-refractivity contribution is -0.135.